The third kappa shape index (κ3) is 3.28. The van der Waals surface area contributed by atoms with Crippen LogP contribution in [0.4, 0.5) is 5.69 Å². The number of rotatable bonds is 4. The molecule has 0 bridgehead atoms. The number of benzene rings is 1. The number of hydrogen-bond acceptors (Lipinski definition) is 6. The first kappa shape index (κ1) is 15.2. The summed E-state index contributed by atoms with van der Waals surface area (Å²) in [4.78, 5) is 31.7. The van der Waals surface area contributed by atoms with Gasteiger partial charge in [0.2, 0.25) is 0 Å². The first-order valence-corrected chi connectivity index (χ1v) is 7.48. The predicted molar refractivity (Wildman–Crippen MR) is 83.7 cm³/mol. The first-order chi connectivity index (χ1) is 9.92. The number of thioether (sulfide) groups is 1. The lowest BCUT2D eigenvalue weighted by atomic mass is 9.99. The van der Waals surface area contributed by atoms with E-state index in [1.807, 2.05) is 6.26 Å². The number of nitrogen functional groups attached to an aromatic ring is 1. The van der Waals surface area contributed by atoms with Gasteiger partial charge < -0.3 is 5.73 Å². The van der Waals surface area contributed by atoms with Crippen LogP contribution < -0.4 is 5.73 Å². The fourth-order valence-corrected chi connectivity index (χ4v) is 2.22. The van der Waals surface area contributed by atoms with Gasteiger partial charge >= 0.3 is 0 Å². The topological polar surface area (TPSA) is 85.9 Å². The van der Waals surface area contributed by atoms with Crippen LogP contribution >= 0.6 is 11.8 Å². The molecule has 6 heteroatoms. The summed E-state index contributed by atoms with van der Waals surface area (Å²) in [5, 5.41) is 0.580. The minimum Gasteiger partial charge on any atom is -0.396 e. The molecule has 2 aromatic rings. The number of carbonyl (C=O) groups excluding carboxylic acids is 2. The van der Waals surface area contributed by atoms with Crippen molar-refractivity contribution >= 4 is 29.0 Å². The molecule has 1 aromatic heterocycles. The summed E-state index contributed by atoms with van der Waals surface area (Å²) < 4.78 is 0. The lowest BCUT2D eigenvalue weighted by Gasteiger charge is -2.09. The fourth-order valence-electron chi connectivity index (χ4n) is 1.88. The van der Waals surface area contributed by atoms with Gasteiger partial charge in [-0.2, -0.15) is 0 Å². The highest BCUT2D eigenvalue weighted by atomic mass is 32.2. The van der Waals surface area contributed by atoms with Gasteiger partial charge in [0.15, 0.2) is 16.7 Å². The van der Waals surface area contributed by atoms with Crippen LogP contribution in [0, 0.1) is 0 Å². The van der Waals surface area contributed by atoms with Gasteiger partial charge in [0.25, 0.3) is 0 Å². The second-order valence-electron chi connectivity index (χ2n) is 4.57. The molecular formula is C15H15N3O2S. The van der Waals surface area contributed by atoms with E-state index in [0.29, 0.717) is 33.2 Å². The maximum Gasteiger partial charge on any atom is 0.187 e. The highest BCUT2D eigenvalue weighted by Gasteiger charge is 2.13. The zero-order valence-corrected chi connectivity index (χ0v) is 12.8. The number of aromatic nitrogens is 2. The fraction of sp³-hybridized carbons (Fsp3) is 0.200. The molecule has 2 rings (SSSR count). The van der Waals surface area contributed by atoms with E-state index in [4.69, 9.17) is 5.73 Å². The Morgan fingerprint density at radius 1 is 1.10 bits per heavy atom. The Hall–Kier alpha value is -2.21. The van der Waals surface area contributed by atoms with Crippen molar-refractivity contribution in [2.75, 3.05) is 12.0 Å². The number of hydrogen-bond donors (Lipinski definition) is 1. The minimum absolute atomic E-state index is 0.114. The maximum absolute atomic E-state index is 11.6. The summed E-state index contributed by atoms with van der Waals surface area (Å²) in [5.74, 6) is -0.228. The summed E-state index contributed by atoms with van der Waals surface area (Å²) in [7, 11) is 0. The van der Waals surface area contributed by atoms with Crippen LogP contribution in [-0.2, 0) is 0 Å². The summed E-state index contributed by atoms with van der Waals surface area (Å²) in [6.45, 7) is 2.92. The molecule has 5 nitrogen and oxygen atoms in total. The molecule has 0 spiro atoms. The van der Waals surface area contributed by atoms with Gasteiger partial charge in [0, 0.05) is 16.7 Å². The SMILES string of the molecule is CSc1ncc(N)c(-c2cc(C(C)=O)cc(C(C)=O)c2)n1. The Kier molecular flexibility index (Phi) is 4.37. The summed E-state index contributed by atoms with van der Waals surface area (Å²) >= 11 is 1.40. The third-order valence-corrected chi connectivity index (χ3v) is 3.56. The molecule has 2 N–H and O–H groups in total. The number of nitrogens with two attached hydrogens (primary N) is 1. The van der Waals surface area contributed by atoms with Crippen molar-refractivity contribution in [1.82, 2.24) is 9.97 Å². The van der Waals surface area contributed by atoms with Crippen LogP contribution in [0.15, 0.2) is 29.6 Å². The van der Waals surface area contributed by atoms with Crippen molar-refractivity contribution < 1.29 is 9.59 Å². The average molecular weight is 301 g/mol. The molecule has 0 aliphatic carbocycles. The third-order valence-electron chi connectivity index (χ3n) is 3.00. The minimum atomic E-state index is -0.114. The van der Waals surface area contributed by atoms with Crippen molar-refractivity contribution in [1.29, 1.82) is 0 Å². The highest BCUT2D eigenvalue weighted by Crippen LogP contribution is 2.27. The Morgan fingerprint density at radius 3 is 2.14 bits per heavy atom. The van der Waals surface area contributed by atoms with Crippen LogP contribution in [0.1, 0.15) is 34.6 Å². The molecule has 0 unspecified atom stereocenters. The molecular weight excluding hydrogens is 286 g/mol. The van der Waals surface area contributed by atoms with E-state index >= 15 is 0 Å². The molecule has 1 heterocycles. The number of carbonyl (C=O) groups is 2. The Morgan fingerprint density at radius 2 is 1.67 bits per heavy atom. The van der Waals surface area contributed by atoms with Crippen LogP contribution in [0.25, 0.3) is 11.3 Å². The summed E-state index contributed by atoms with van der Waals surface area (Å²) in [5.41, 5.74) is 8.42. The number of anilines is 1. The highest BCUT2D eigenvalue weighted by molar-refractivity contribution is 7.98. The van der Waals surface area contributed by atoms with Crippen LogP contribution in [-0.4, -0.2) is 27.8 Å². The summed E-state index contributed by atoms with van der Waals surface area (Å²) in [6, 6.07) is 4.97. The second-order valence-corrected chi connectivity index (χ2v) is 5.35. The monoisotopic (exact) mass is 301 g/mol. The van der Waals surface area contributed by atoms with Gasteiger partial charge in [0.05, 0.1) is 17.6 Å². The van der Waals surface area contributed by atoms with Crippen molar-refractivity contribution in [2.45, 2.75) is 19.0 Å². The van der Waals surface area contributed by atoms with Crippen LogP contribution in [0.3, 0.4) is 0 Å². The molecule has 0 radical (unpaired) electrons. The maximum atomic E-state index is 11.6. The van der Waals surface area contributed by atoms with E-state index < -0.39 is 0 Å². The molecule has 1 aromatic carbocycles. The normalized spacial score (nSPS) is 10.4. The van der Waals surface area contributed by atoms with Crippen molar-refractivity contribution in [3.63, 3.8) is 0 Å². The molecule has 0 saturated heterocycles. The standard InChI is InChI=1S/C15H15N3O2S/c1-8(19)10-4-11(9(2)20)6-12(5-10)14-13(16)7-17-15(18-14)21-3/h4-7H,16H2,1-3H3. The van der Waals surface area contributed by atoms with Gasteiger partial charge in [-0.05, 0) is 38.3 Å². The van der Waals surface area contributed by atoms with Gasteiger partial charge in [-0.3, -0.25) is 9.59 Å². The molecule has 21 heavy (non-hydrogen) atoms. The molecule has 0 saturated carbocycles. The Bertz CT molecular complexity index is 697. The van der Waals surface area contributed by atoms with Gasteiger partial charge in [0.1, 0.15) is 0 Å². The van der Waals surface area contributed by atoms with Crippen molar-refractivity contribution in [2.24, 2.45) is 0 Å². The Labute approximate surface area is 127 Å². The molecule has 0 amide bonds. The van der Waals surface area contributed by atoms with Gasteiger partial charge in [-0.1, -0.05) is 11.8 Å². The van der Waals surface area contributed by atoms with Crippen LogP contribution in [0.2, 0.25) is 0 Å². The van der Waals surface area contributed by atoms with E-state index in [-0.39, 0.29) is 11.6 Å². The predicted octanol–water partition coefficient (Wildman–Crippen LogP) is 2.85. The molecule has 0 fully saturated rings. The first-order valence-electron chi connectivity index (χ1n) is 6.26. The van der Waals surface area contributed by atoms with Gasteiger partial charge in [-0.25, -0.2) is 9.97 Å². The lowest BCUT2D eigenvalue weighted by molar-refractivity contribution is 0.101. The van der Waals surface area contributed by atoms with E-state index in [1.54, 1.807) is 18.2 Å². The zero-order chi connectivity index (χ0) is 15.6. The lowest BCUT2D eigenvalue weighted by Crippen LogP contribution is -2.02. The van der Waals surface area contributed by atoms with Crippen molar-refractivity contribution in [3.05, 3.63) is 35.5 Å². The largest absolute Gasteiger partial charge is 0.396 e. The molecule has 0 aliphatic rings. The number of nitrogens with zero attached hydrogens (tertiary/aromatic N) is 2. The van der Waals surface area contributed by atoms with E-state index in [2.05, 4.69) is 9.97 Å². The quantitative estimate of drug-likeness (QED) is 0.531. The summed E-state index contributed by atoms with van der Waals surface area (Å²) in [6.07, 6.45) is 3.39. The van der Waals surface area contributed by atoms with E-state index in [1.165, 1.54) is 31.8 Å². The second kappa shape index (κ2) is 6.05. The van der Waals surface area contributed by atoms with Crippen molar-refractivity contribution in [3.8, 4) is 11.3 Å². The van der Waals surface area contributed by atoms with Crippen LogP contribution in [0.5, 0.6) is 0 Å². The van der Waals surface area contributed by atoms with Gasteiger partial charge in [-0.15, -0.1) is 0 Å². The smallest absolute Gasteiger partial charge is 0.187 e. The molecule has 108 valence electrons. The van der Waals surface area contributed by atoms with E-state index in [0.717, 1.165) is 0 Å². The number of ketones is 2. The number of Topliss-reactive ketones (excluding diaryl/α,β-unsaturated/α-hetero) is 2. The zero-order valence-electron chi connectivity index (χ0n) is 12.0. The van der Waals surface area contributed by atoms with E-state index in [9.17, 15) is 9.59 Å². The molecule has 0 aliphatic heterocycles. The average Bonchev–Trinajstić information content (AvgIpc) is 2.47. The Balaban J connectivity index is 2.68. The molecule has 0 atom stereocenters.